The molecular formula is C27H18F3N7O4S. The number of phenols is 1. The molecule has 2 aromatic heterocycles. The van der Waals surface area contributed by atoms with E-state index in [0.29, 0.717) is 10.4 Å². The van der Waals surface area contributed by atoms with Gasteiger partial charge in [0.1, 0.15) is 11.3 Å². The number of alkyl halides is 3. The third kappa shape index (κ3) is 4.34. The van der Waals surface area contributed by atoms with Crippen molar-refractivity contribution in [1.82, 2.24) is 25.1 Å². The summed E-state index contributed by atoms with van der Waals surface area (Å²) in [6.45, 7) is 1.98. The summed E-state index contributed by atoms with van der Waals surface area (Å²) in [4.78, 5) is 41.7. The van der Waals surface area contributed by atoms with Gasteiger partial charge in [-0.15, -0.1) is 10.2 Å². The monoisotopic (exact) mass is 593 g/mol. The normalized spacial score (nSPS) is 17.0. The number of fused-ring (bicyclic) bond motifs is 2. The van der Waals surface area contributed by atoms with Crippen molar-refractivity contribution in [1.29, 1.82) is 0 Å². The lowest BCUT2D eigenvalue weighted by molar-refractivity contribution is -0.147. The summed E-state index contributed by atoms with van der Waals surface area (Å²) in [6.07, 6.45) is -2.53. The Hall–Kier alpha value is -5.18. The highest BCUT2D eigenvalue weighted by Gasteiger charge is 2.40. The molecule has 0 aliphatic carbocycles. The number of thioether (sulfide) groups is 1. The molecule has 15 heteroatoms. The number of aromatic amines is 2. The summed E-state index contributed by atoms with van der Waals surface area (Å²) in [7, 11) is 0. The molecule has 42 heavy (non-hydrogen) atoms. The maximum Gasteiger partial charge on any atom is 0.453 e. The van der Waals surface area contributed by atoms with Crippen LogP contribution in [-0.4, -0.2) is 54.6 Å². The number of amides is 1. The SMILES string of the molecule is CCN1C(=O)/C(=c2\[nH][nH]c(=O)\c2=C/C2=C(c3ccccc3O)Sc3nnc(C(F)(F)F)n3N=C2)C(=O)c2ccccc21. The smallest absolute Gasteiger partial charge is 0.453 e. The zero-order chi connectivity index (χ0) is 29.8. The van der Waals surface area contributed by atoms with Gasteiger partial charge < -0.3 is 10.0 Å². The van der Waals surface area contributed by atoms with Gasteiger partial charge in [0.15, 0.2) is 0 Å². The first-order valence-corrected chi connectivity index (χ1v) is 13.2. The molecule has 11 nitrogen and oxygen atoms in total. The van der Waals surface area contributed by atoms with Crippen molar-refractivity contribution in [3.8, 4) is 5.75 Å². The Bertz CT molecular complexity index is 2040. The zero-order valence-electron chi connectivity index (χ0n) is 21.4. The highest BCUT2D eigenvalue weighted by molar-refractivity contribution is 8.08. The zero-order valence-corrected chi connectivity index (χ0v) is 22.2. The molecule has 0 atom stereocenters. The Balaban J connectivity index is 1.64. The molecule has 1 amide bonds. The van der Waals surface area contributed by atoms with Crippen molar-refractivity contribution >= 4 is 51.9 Å². The molecule has 2 aromatic carbocycles. The van der Waals surface area contributed by atoms with E-state index in [1.54, 1.807) is 43.3 Å². The molecule has 2 aliphatic rings. The fourth-order valence-electron chi connectivity index (χ4n) is 4.69. The number of benzene rings is 2. The number of para-hydroxylation sites is 2. The lowest BCUT2D eigenvalue weighted by atomic mass is 9.94. The second kappa shape index (κ2) is 10.0. The number of phenolic OH excluding ortho intramolecular Hbond substituents is 1. The van der Waals surface area contributed by atoms with E-state index < -0.39 is 29.3 Å². The van der Waals surface area contributed by atoms with Crippen LogP contribution in [0.2, 0.25) is 0 Å². The molecule has 4 aromatic rings. The highest BCUT2D eigenvalue weighted by atomic mass is 32.2. The van der Waals surface area contributed by atoms with Gasteiger partial charge in [0.2, 0.25) is 10.9 Å². The number of ketones is 1. The van der Waals surface area contributed by atoms with Gasteiger partial charge in [0.25, 0.3) is 17.3 Å². The molecular weight excluding hydrogens is 575 g/mol. The summed E-state index contributed by atoms with van der Waals surface area (Å²) in [5.41, 5.74) is 0.00213. The number of hydrogen-bond acceptors (Lipinski definition) is 8. The molecule has 0 unspecified atom stereocenters. The van der Waals surface area contributed by atoms with Crippen LogP contribution in [0.25, 0.3) is 16.6 Å². The number of carbonyl (C=O) groups is 2. The first kappa shape index (κ1) is 27.0. The van der Waals surface area contributed by atoms with Crippen LogP contribution < -0.4 is 21.0 Å². The Morgan fingerprint density at radius 2 is 1.71 bits per heavy atom. The number of allylic oxidation sites excluding steroid dienone is 1. The number of nitrogens with one attached hydrogen (secondary N) is 2. The van der Waals surface area contributed by atoms with Crippen LogP contribution in [0.4, 0.5) is 18.9 Å². The lowest BCUT2D eigenvalue weighted by Gasteiger charge is -2.28. The van der Waals surface area contributed by atoms with Gasteiger partial charge in [-0.1, -0.05) is 30.3 Å². The number of nitrogens with zero attached hydrogens (tertiary/aromatic N) is 5. The topological polar surface area (TPSA) is 149 Å². The van der Waals surface area contributed by atoms with Crippen molar-refractivity contribution in [3.05, 3.63) is 92.0 Å². The largest absolute Gasteiger partial charge is 0.507 e. The van der Waals surface area contributed by atoms with Gasteiger partial charge in [-0.3, -0.25) is 24.6 Å². The van der Waals surface area contributed by atoms with Crippen LogP contribution in [0, 0.1) is 0 Å². The first-order valence-electron chi connectivity index (χ1n) is 12.4. The second-order valence-electron chi connectivity index (χ2n) is 9.05. The average Bonchev–Trinajstić information content (AvgIpc) is 3.48. The molecule has 2 aliphatic heterocycles. The standard InChI is InChI=1S/C27H18F3N7O4S/c1-2-36-17-9-5-3-7-14(17)21(39)19(24(36)41)20-16(23(40)33-32-20)11-13-12-31-37-25(27(28,29)30)34-35-26(37)42-22(13)15-8-4-6-10-18(15)38/h3-12,32,38H,2H2,1H3,(H,33,40)/b16-11-,20-19-. The molecule has 0 saturated heterocycles. The molecule has 0 spiro atoms. The van der Waals surface area contributed by atoms with E-state index in [2.05, 4.69) is 25.5 Å². The number of aromatic hydroxyl groups is 1. The number of hydrogen-bond donors (Lipinski definition) is 3. The fourth-order valence-corrected chi connectivity index (χ4v) is 5.68. The highest BCUT2D eigenvalue weighted by Crippen LogP contribution is 2.42. The Morgan fingerprint density at radius 3 is 2.43 bits per heavy atom. The van der Waals surface area contributed by atoms with Gasteiger partial charge in [0, 0.05) is 28.1 Å². The second-order valence-corrected chi connectivity index (χ2v) is 10.0. The third-order valence-corrected chi connectivity index (χ3v) is 7.69. The van der Waals surface area contributed by atoms with Gasteiger partial charge in [0.05, 0.1) is 22.5 Å². The average molecular weight is 594 g/mol. The third-order valence-electron chi connectivity index (χ3n) is 6.59. The maximum absolute atomic E-state index is 13.6. The molecule has 3 N–H and O–H groups in total. The molecule has 0 saturated carbocycles. The van der Waals surface area contributed by atoms with Gasteiger partial charge in [-0.05, 0) is 43.0 Å². The van der Waals surface area contributed by atoms with Gasteiger partial charge in [-0.25, -0.2) is 0 Å². The minimum Gasteiger partial charge on any atom is -0.507 e. The first-order chi connectivity index (χ1) is 20.1. The van der Waals surface area contributed by atoms with E-state index in [4.69, 9.17) is 0 Å². The summed E-state index contributed by atoms with van der Waals surface area (Å²) >= 11 is 0.736. The van der Waals surface area contributed by atoms with Crippen LogP contribution in [-0.2, 0) is 11.0 Å². The Kier molecular flexibility index (Phi) is 6.45. The predicted octanol–water partition coefficient (Wildman–Crippen LogP) is 2.25. The predicted molar refractivity (Wildman–Crippen MR) is 147 cm³/mol. The van der Waals surface area contributed by atoms with Crippen molar-refractivity contribution in [2.75, 3.05) is 11.4 Å². The van der Waals surface area contributed by atoms with Crippen molar-refractivity contribution in [3.63, 3.8) is 0 Å². The van der Waals surface area contributed by atoms with E-state index in [1.165, 1.54) is 23.1 Å². The summed E-state index contributed by atoms with van der Waals surface area (Å²) in [5.74, 6) is -2.81. The van der Waals surface area contributed by atoms with Gasteiger partial charge >= 0.3 is 6.18 Å². The number of halogens is 3. The number of carbonyl (C=O) groups excluding carboxylic acids is 2. The molecule has 0 bridgehead atoms. The number of anilines is 1. The van der Waals surface area contributed by atoms with E-state index in [-0.39, 0.29) is 55.2 Å². The Labute approximate surface area is 237 Å². The van der Waals surface area contributed by atoms with E-state index >= 15 is 0 Å². The summed E-state index contributed by atoms with van der Waals surface area (Å²) in [5, 5.41) is 25.9. The molecule has 212 valence electrons. The Morgan fingerprint density at radius 1 is 1.00 bits per heavy atom. The molecule has 6 rings (SSSR count). The minimum absolute atomic E-state index is 0.0931. The number of H-pyrrole nitrogens is 2. The van der Waals surface area contributed by atoms with Crippen molar-refractivity contribution in [2.45, 2.75) is 18.3 Å². The number of aromatic nitrogens is 5. The molecule has 0 fully saturated rings. The number of rotatable bonds is 3. The van der Waals surface area contributed by atoms with E-state index in [1.807, 2.05) is 0 Å². The summed E-state index contributed by atoms with van der Waals surface area (Å²) < 4.78 is 41.3. The van der Waals surface area contributed by atoms with Crippen molar-refractivity contribution in [2.24, 2.45) is 5.10 Å². The summed E-state index contributed by atoms with van der Waals surface area (Å²) in [6, 6.07) is 12.6. The van der Waals surface area contributed by atoms with E-state index in [0.717, 1.165) is 18.0 Å². The fraction of sp³-hybridized carbons (Fsp3) is 0.111. The van der Waals surface area contributed by atoms with Crippen LogP contribution in [0.3, 0.4) is 0 Å². The minimum atomic E-state index is -4.86. The lowest BCUT2D eigenvalue weighted by Crippen LogP contribution is -2.45. The molecule has 0 radical (unpaired) electrons. The number of Topliss-reactive ketones (excluding diaryl/α,β-unsaturated/α-hetero) is 1. The van der Waals surface area contributed by atoms with Gasteiger partial charge in [-0.2, -0.15) is 22.9 Å². The van der Waals surface area contributed by atoms with Crippen LogP contribution in [0.5, 0.6) is 5.75 Å². The quantitative estimate of drug-likeness (QED) is 0.330. The molecule has 4 heterocycles. The maximum atomic E-state index is 13.6. The van der Waals surface area contributed by atoms with Crippen molar-refractivity contribution < 1.29 is 27.9 Å². The van der Waals surface area contributed by atoms with Crippen LogP contribution in [0.15, 0.2) is 69.2 Å². The van der Waals surface area contributed by atoms with Crippen LogP contribution >= 0.6 is 11.8 Å². The van der Waals surface area contributed by atoms with Crippen LogP contribution in [0.1, 0.15) is 28.7 Å². The van der Waals surface area contributed by atoms with E-state index in [9.17, 15) is 32.7 Å².